The molecule has 5 heterocycles. The van der Waals surface area contributed by atoms with Crippen molar-refractivity contribution in [3.63, 3.8) is 0 Å². The van der Waals surface area contributed by atoms with Crippen molar-refractivity contribution in [2.45, 2.75) is 196 Å². The van der Waals surface area contributed by atoms with E-state index >= 15 is 0 Å². The topological polar surface area (TPSA) is 81.2 Å². The molecule has 0 amide bonds. The fourth-order valence-electron chi connectivity index (χ4n) is 10.6. The zero-order valence-corrected chi connectivity index (χ0v) is 59.4. The lowest BCUT2D eigenvalue weighted by Crippen LogP contribution is -2.06. The standard InChI is InChI=1S/C78H100N2O6S5/c1-7-13-19-25-49-81-69-55-59(56-70(82-50-26-20-14-8-2)77(69)85-53-29-23-17-11-5)31-33-61-35-37-63(87-61)39-41-65-43-47-73(89-65)67-45-46-68(76-75(67)79-91-80-76)74-48-44-66(90-74)42-40-64-38-36-62(88-64)34-32-60-57-71(83-51-27-21-15-9-3)78(86-54-30-24-18-12-6)72(58-60)84-52-28-22-16-10-4/h31-48,55-58H,7-30,49-54H2,1-6H3/b33-31+,34-32+,41-39+,42-40+. The summed E-state index contributed by atoms with van der Waals surface area (Å²) >= 11 is 8.39. The van der Waals surface area contributed by atoms with Crippen LogP contribution in [0, 0.1) is 0 Å². The number of thiophene rings is 4. The molecule has 8 nitrogen and oxygen atoms in total. The third kappa shape index (κ3) is 23.5. The number of aromatic nitrogens is 2. The minimum absolute atomic E-state index is 0.657. The summed E-state index contributed by atoms with van der Waals surface area (Å²) in [6.45, 7) is 17.4. The minimum Gasteiger partial charge on any atom is -0.490 e. The van der Waals surface area contributed by atoms with Crippen LogP contribution in [0.4, 0.5) is 0 Å². The van der Waals surface area contributed by atoms with Crippen LogP contribution in [0.5, 0.6) is 34.5 Å². The predicted molar refractivity (Wildman–Crippen MR) is 399 cm³/mol. The van der Waals surface area contributed by atoms with Gasteiger partial charge in [0.2, 0.25) is 11.5 Å². The van der Waals surface area contributed by atoms with Gasteiger partial charge in [-0.25, -0.2) is 0 Å². The lowest BCUT2D eigenvalue weighted by Gasteiger charge is -2.18. The Labute approximate surface area is 565 Å². The molecule has 0 unspecified atom stereocenters. The maximum atomic E-state index is 6.50. The van der Waals surface area contributed by atoms with E-state index in [4.69, 9.17) is 37.2 Å². The van der Waals surface area contributed by atoms with Crippen LogP contribution in [-0.4, -0.2) is 48.4 Å². The van der Waals surface area contributed by atoms with Crippen molar-refractivity contribution in [2.24, 2.45) is 0 Å². The van der Waals surface area contributed by atoms with Gasteiger partial charge in [0, 0.05) is 50.1 Å². The summed E-state index contributed by atoms with van der Waals surface area (Å²) in [4.78, 5) is 9.47. The zero-order chi connectivity index (χ0) is 63.5. The second kappa shape index (κ2) is 40.9. The monoisotopic (exact) mass is 1320 g/mol. The molecule has 0 saturated carbocycles. The first kappa shape index (κ1) is 70.9. The van der Waals surface area contributed by atoms with E-state index in [1.54, 1.807) is 45.3 Å². The molecule has 0 spiro atoms. The summed E-state index contributed by atoms with van der Waals surface area (Å²) in [6.07, 6.45) is 45.2. The van der Waals surface area contributed by atoms with E-state index in [0.717, 1.165) is 145 Å². The minimum atomic E-state index is 0.657. The smallest absolute Gasteiger partial charge is 0.203 e. The van der Waals surface area contributed by atoms with Gasteiger partial charge in [0.1, 0.15) is 11.0 Å². The quantitative estimate of drug-likeness (QED) is 0.0349. The molecule has 3 aromatic carbocycles. The number of hydrogen-bond donors (Lipinski definition) is 0. The SMILES string of the molecule is CCCCCCOc1cc(/C=C/c2ccc(/C=C/c3ccc(-c4ccc(-c5ccc(/C=C/c6ccc(/C=C/c7cc(OCCCCCC)c(OCCCCCC)c(OCCCCCC)c7)s6)s5)c5nsnc45)s3)s2)cc(OCCCCCC)c1OCCCCCC. The van der Waals surface area contributed by atoms with Gasteiger partial charge >= 0.3 is 0 Å². The molecule has 0 aliphatic carbocycles. The average molecular weight is 1320 g/mol. The van der Waals surface area contributed by atoms with Crippen molar-refractivity contribution in [3.8, 4) is 55.4 Å². The number of rotatable bonds is 46. The highest BCUT2D eigenvalue weighted by Gasteiger charge is 2.19. The third-order valence-electron chi connectivity index (χ3n) is 15.8. The maximum Gasteiger partial charge on any atom is 0.203 e. The highest BCUT2D eigenvalue weighted by atomic mass is 32.1. The Morgan fingerprint density at radius 1 is 0.286 bits per heavy atom. The Morgan fingerprint density at radius 2 is 0.549 bits per heavy atom. The molecule has 13 heteroatoms. The molecule has 8 rings (SSSR count). The summed E-state index contributed by atoms with van der Waals surface area (Å²) in [5.74, 6) is 4.60. The van der Waals surface area contributed by atoms with Crippen LogP contribution in [0.15, 0.2) is 84.9 Å². The number of benzene rings is 3. The van der Waals surface area contributed by atoms with Crippen LogP contribution in [0.25, 0.3) is 80.5 Å². The van der Waals surface area contributed by atoms with Gasteiger partial charge in [0.25, 0.3) is 0 Å². The molecular weight excluding hydrogens is 1220 g/mol. The fourth-order valence-corrected chi connectivity index (χ4v) is 14.6. The first-order chi connectivity index (χ1) is 44.9. The van der Waals surface area contributed by atoms with Crippen molar-refractivity contribution in [3.05, 3.63) is 125 Å². The molecule has 0 fully saturated rings. The summed E-state index contributed by atoms with van der Waals surface area (Å²) in [7, 11) is 0. The number of unbranched alkanes of at least 4 members (excludes halogenated alkanes) is 18. The Balaban J connectivity index is 0.906. The highest BCUT2D eigenvalue weighted by molar-refractivity contribution is 7.17. The van der Waals surface area contributed by atoms with E-state index in [1.165, 1.54) is 128 Å². The van der Waals surface area contributed by atoms with Crippen molar-refractivity contribution >= 4 is 117 Å². The lowest BCUT2D eigenvalue weighted by molar-refractivity contribution is 0.234. The average Bonchev–Trinajstić information content (AvgIpc) is 2.09. The van der Waals surface area contributed by atoms with Gasteiger partial charge in [0.05, 0.1) is 51.4 Å². The van der Waals surface area contributed by atoms with E-state index in [1.807, 2.05) is 0 Å². The molecule has 0 aliphatic heterocycles. The van der Waals surface area contributed by atoms with Crippen LogP contribution >= 0.6 is 57.1 Å². The Hall–Kier alpha value is -5.96. The van der Waals surface area contributed by atoms with Crippen LogP contribution in [0.1, 0.15) is 236 Å². The van der Waals surface area contributed by atoms with E-state index in [2.05, 4.69) is 175 Å². The zero-order valence-electron chi connectivity index (χ0n) is 55.3. The second-order valence-corrected chi connectivity index (χ2v) is 28.5. The summed E-state index contributed by atoms with van der Waals surface area (Å²) in [5, 5.41) is 0. The fraction of sp³-hybridized carbons (Fsp3) is 0.462. The van der Waals surface area contributed by atoms with Crippen LogP contribution in [0.2, 0.25) is 0 Å². The molecule has 488 valence electrons. The van der Waals surface area contributed by atoms with Crippen LogP contribution < -0.4 is 28.4 Å². The van der Waals surface area contributed by atoms with Gasteiger partial charge in [-0.2, -0.15) is 8.75 Å². The Morgan fingerprint density at radius 3 is 0.846 bits per heavy atom. The van der Waals surface area contributed by atoms with E-state index in [0.29, 0.717) is 39.6 Å². The Bertz CT molecular complexity index is 3190. The molecule has 0 N–H and O–H groups in total. The number of hydrogen-bond acceptors (Lipinski definition) is 13. The van der Waals surface area contributed by atoms with Crippen molar-refractivity contribution in [1.82, 2.24) is 8.75 Å². The van der Waals surface area contributed by atoms with E-state index < -0.39 is 0 Å². The molecule has 5 aromatic heterocycles. The largest absolute Gasteiger partial charge is 0.490 e. The molecule has 91 heavy (non-hydrogen) atoms. The molecule has 0 bridgehead atoms. The van der Waals surface area contributed by atoms with Crippen LogP contribution in [-0.2, 0) is 0 Å². The number of ether oxygens (including phenoxy) is 6. The normalized spacial score (nSPS) is 11.9. The van der Waals surface area contributed by atoms with Gasteiger partial charge < -0.3 is 28.4 Å². The van der Waals surface area contributed by atoms with Crippen molar-refractivity contribution in [1.29, 1.82) is 0 Å². The second-order valence-electron chi connectivity index (χ2n) is 23.5. The van der Waals surface area contributed by atoms with Gasteiger partial charge in [0.15, 0.2) is 23.0 Å². The Kier molecular flexibility index (Phi) is 31.9. The molecule has 8 aromatic rings. The molecule has 0 radical (unpaired) electrons. The molecular formula is C78H100N2O6S5. The first-order valence-corrected chi connectivity index (χ1v) is 38.4. The first-order valence-electron chi connectivity index (χ1n) is 34.4. The highest BCUT2D eigenvalue weighted by Crippen LogP contribution is 2.44. The maximum absolute atomic E-state index is 6.50. The van der Waals surface area contributed by atoms with Gasteiger partial charge in [-0.15, -0.1) is 45.3 Å². The molecule has 0 atom stereocenters. The molecule has 0 aliphatic rings. The predicted octanol–water partition coefficient (Wildman–Crippen LogP) is 25.7. The lowest BCUT2D eigenvalue weighted by atomic mass is 10.1. The summed E-state index contributed by atoms with van der Waals surface area (Å²) in [5.41, 5.74) is 6.19. The van der Waals surface area contributed by atoms with Gasteiger partial charge in [-0.05, 0) is 159 Å². The summed E-state index contributed by atoms with van der Waals surface area (Å²) in [6, 6.07) is 30.6. The van der Waals surface area contributed by atoms with Crippen LogP contribution in [0.3, 0.4) is 0 Å². The van der Waals surface area contributed by atoms with Crippen molar-refractivity contribution in [2.75, 3.05) is 39.6 Å². The molecule has 0 saturated heterocycles. The number of fused-ring (bicyclic) bond motifs is 1. The van der Waals surface area contributed by atoms with E-state index in [-0.39, 0.29) is 0 Å². The third-order valence-corrected chi connectivity index (χ3v) is 20.5. The van der Waals surface area contributed by atoms with Crippen molar-refractivity contribution < 1.29 is 28.4 Å². The van der Waals surface area contributed by atoms with Gasteiger partial charge in [-0.1, -0.05) is 181 Å². The van der Waals surface area contributed by atoms with E-state index in [9.17, 15) is 0 Å². The van der Waals surface area contributed by atoms with Gasteiger partial charge in [-0.3, -0.25) is 0 Å². The summed E-state index contributed by atoms with van der Waals surface area (Å²) < 4.78 is 48.7. The number of nitrogens with zero attached hydrogens (tertiary/aromatic N) is 2.